The van der Waals surface area contributed by atoms with Crippen LogP contribution in [0.2, 0.25) is 0 Å². The molecular weight excluding hydrogens is 339 g/mol. The van der Waals surface area contributed by atoms with Gasteiger partial charge in [-0.2, -0.15) is 23.3 Å². The van der Waals surface area contributed by atoms with Gasteiger partial charge in [-0.05, 0) is 18.2 Å². The van der Waals surface area contributed by atoms with Crippen molar-refractivity contribution >= 4 is 11.6 Å². The molecule has 1 amide bonds. The summed E-state index contributed by atoms with van der Waals surface area (Å²) in [5.74, 6) is -1.78. The van der Waals surface area contributed by atoms with E-state index < -0.39 is 35.5 Å². The molecule has 6 nitrogen and oxygen atoms in total. The van der Waals surface area contributed by atoms with Crippen molar-refractivity contribution in [3.63, 3.8) is 0 Å². The molecule has 0 bridgehead atoms. The summed E-state index contributed by atoms with van der Waals surface area (Å²) in [5, 5.41) is 23.6. The minimum Gasteiger partial charge on any atom is -0.507 e. The van der Waals surface area contributed by atoms with Crippen LogP contribution in [0.3, 0.4) is 0 Å². The summed E-state index contributed by atoms with van der Waals surface area (Å²) in [4.78, 5) is 16.3. The summed E-state index contributed by atoms with van der Waals surface area (Å²) in [6, 6.07) is 8.06. The maximum absolute atomic E-state index is 13.5. The smallest absolute Gasteiger partial charge is 0.438 e. The molecule has 9 heteroatoms. The van der Waals surface area contributed by atoms with Gasteiger partial charge in [0.25, 0.3) is 11.6 Å². The number of amides is 1. The molecule has 0 fully saturated rings. The van der Waals surface area contributed by atoms with E-state index in [9.17, 15) is 28.2 Å². The number of aromatic nitrogens is 1. The molecule has 25 heavy (non-hydrogen) atoms. The molecule has 0 unspecified atom stereocenters. The molecule has 0 spiro atoms. The van der Waals surface area contributed by atoms with E-state index in [1.807, 2.05) is 0 Å². The fourth-order valence-electron chi connectivity index (χ4n) is 2.44. The molecule has 1 aromatic heterocycles. The van der Waals surface area contributed by atoms with Crippen molar-refractivity contribution in [3.8, 4) is 5.75 Å². The molecule has 2 N–H and O–H groups in total. The highest BCUT2D eigenvalue weighted by molar-refractivity contribution is 6.05. The minimum atomic E-state index is -5.15. The second-order valence-corrected chi connectivity index (χ2v) is 5.41. The molecule has 0 saturated heterocycles. The first-order chi connectivity index (χ1) is 11.7. The number of pyridine rings is 1. The highest BCUT2D eigenvalue weighted by atomic mass is 19.4. The van der Waals surface area contributed by atoms with Crippen LogP contribution in [-0.4, -0.2) is 43.7 Å². The molecule has 1 atom stereocenters. The Morgan fingerprint density at radius 1 is 1.20 bits per heavy atom. The van der Waals surface area contributed by atoms with Gasteiger partial charge in [-0.25, -0.2) is 0 Å². The number of hydrogen-bond acceptors (Lipinski definition) is 5. The summed E-state index contributed by atoms with van der Waals surface area (Å²) in [6.07, 6.45) is -3.38. The summed E-state index contributed by atoms with van der Waals surface area (Å²) in [5.41, 5.74) is -3.81. The number of halogens is 3. The summed E-state index contributed by atoms with van der Waals surface area (Å²) in [6.45, 7) is 0. The van der Waals surface area contributed by atoms with Crippen LogP contribution >= 0.6 is 0 Å². The third-order valence-electron chi connectivity index (χ3n) is 3.76. The maximum Gasteiger partial charge on any atom is 0.438 e. The molecule has 1 aliphatic rings. The zero-order chi connectivity index (χ0) is 18.2. The van der Waals surface area contributed by atoms with Gasteiger partial charge in [0.05, 0.1) is 17.7 Å². The number of hydrazone groups is 1. The van der Waals surface area contributed by atoms with Gasteiger partial charge in [-0.1, -0.05) is 18.2 Å². The van der Waals surface area contributed by atoms with Crippen LogP contribution < -0.4 is 0 Å². The first kappa shape index (κ1) is 16.9. The third-order valence-corrected chi connectivity index (χ3v) is 3.76. The Morgan fingerprint density at radius 3 is 2.52 bits per heavy atom. The van der Waals surface area contributed by atoms with E-state index in [0.717, 1.165) is 12.1 Å². The molecule has 2 aromatic rings. The number of phenols is 1. The van der Waals surface area contributed by atoms with Crippen LogP contribution in [0.5, 0.6) is 5.75 Å². The number of carbonyl (C=O) groups is 1. The first-order valence-electron chi connectivity index (χ1n) is 7.13. The lowest BCUT2D eigenvalue weighted by Crippen LogP contribution is -2.56. The Balaban J connectivity index is 2.08. The van der Waals surface area contributed by atoms with Gasteiger partial charge in [0.15, 0.2) is 0 Å². The van der Waals surface area contributed by atoms with Crippen LogP contribution in [0.25, 0.3) is 0 Å². The minimum absolute atomic E-state index is 0.0373. The highest BCUT2D eigenvalue weighted by Gasteiger charge is 2.63. The zero-order valence-electron chi connectivity index (χ0n) is 12.6. The molecule has 0 saturated carbocycles. The predicted octanol–water partition coefficient (Wildman–Crippen LogP) is 2.29. The zero-order valence-corrected chi connectivity index (χ0v) is 12.6. The molecular formula is C16H12F3N3O3. The lowest BCUT2D eigenvalue weighted by Gasteiger charge is -2.32. The van der Waals surface area contributed by atoms with Gasteiger partial charge < -0.3 is 10.2 Å². The highest BCUT2D eigenvalue weighted by Crippen LogP contribution is 2.42. The third kappa shape index (κ3) is 2.82. The van der Waals surface area contributed by atoms with E-state index in [1.54, 1.807) is 0 Å². The number of benzene rings is 1. The number of hydrogen-bond donors (Lipinski definition) is 2. The molecule has 2 heterocycles. The van der Waals surface area contributed by atoms with E-state index in [4.69, 9.17) is 0 Å². The number of aromatic hydroxyl groups is 1. The molecule has 130 valence electrons. The van der Waals surface area contributed by atoms with Crippen molar-refractivity contribution in [1.29, 1.82) is 0 Å². The van der Waals surface area contributed by atoms with E-state index in [1.165, 1.54) is 36.7 Å². The second kappa shape index (κ2) is 5.85. The average Bonchev–Trinajstić information content (AvgIpc) is 2.94. The van der Waals surface area contributed by atoms with Gasteiger partial charge in [-0.15, -0.1) is 0 Å². The van der Waals surface area contributed by atoms with Crippen LogP contribution in [-0.2, 0) is 0 Å². The number of carbonyl (C=O) groups excluding carboxylic acids is 1. The largest absolute Gasteiger partial charge is 0.507 e. The summed E-state index contributed by atoms with van der Waals surface area (Å²) < 4.78 is 40.4. The SMILES string of the molecule is O=C(c1ccccc1O)N1N=C(c2cccnc2)C[C@]1(O)C(F)(F)F. The lowest BCUT2D eigenvalue weighted by atomic mass is 10.0. The van der Waals surface area contributed by atoms with Crippen molar-refractivity contribution in [2.24, 2.45) is 5.10 Å². The van der Waals surface area contributed by atoms with Gasteiger partial charge in [0.2, 0.25) is 0 Å². The van der Waals surface area contributed by atoms with E-state index in [0.29, 0.717) is 0 Å². The van der Waals surface area contributed by atoms with Crippen molar-refractivity contribution in [1.82, 2.24) is 9.99 Å². The fourth-order valence-corrected chi connectivity index (χ4v) is 2.44. The molecule has 1 aliphatic heterocycles. The molecule has 0 radical (unpaired) electrons. The van der Waals surface area contributed by atoms with E-state index >= 15 is 0 Å². The first-order valence-corrected chi connectivity index (χ1v) is 7.13. The van der Waals surface area contributed by atoms with Gasteiger partial charge in [0.1, 0.15) is 5.75 Å². The Kier molecular flexibility index (Phi) is 3.96. The number of aliphatic hydroxyl groups is 1. The van der Waals surface area contributed by atoms with Gasteiger partial charge >= 0.3 is 6.18 Å². The van der Waals surface area contributed by atoms with E-state index in [-0.39, 0.29) is 16.3 Å². The fraction of sp³-hybridized carbons (Fsp3) is 0.188. The quantitative estimate of drug-likeness (QED) is 0.869. The van der Waals surface area contributed by atoms with Crippen LogP contribution in [0.1, 0.15) is 22.3 Å². The predicted molar refractivity (Wildman–Crippen MR) is 80.7 cm³/mol. The van der Waals surface area contributed by atoms with Crippen LogP contribution in [0.15, 0.2) is 53.9 Å². The monoisotopic (exact) mass is 351 g/mol. The number of rotatable bonds is 2. The van der Waals surface area contributed by atoms with Crippen molar-refractivity contribution in [2.75, 3.05) is 0 Å². The summed E-state index contributed by atoms with van der Waals surface area (Å²) >= 11 is 0. The van der Waals surface area contributed by atoms with Crippen molar-refractivity contribution in [2.45, 2.75) is 18.3 Å². The Morgan fingerprint density at radius 2 is 1.92 bits per heavy atom. The van der Waals surface area contributed by atoms with Crippen LogP contribution in [0, 0.1) is 0 Å². The Labute approximate surface area is 139 Å². The molecule has 1 aromatic carbocycles. The number of para-hydroxylation sites is 1. The van der Waals surface area contributed by atoms with Gasteiger partial charge in [0, 0.05) is 18.0 Å². The molecule has 3 rings (SSSR count). The van der Waals surface area contributed by atoms with Gasteiger partial charge in [-0.3, -0.25) is 9.78 Å². The normalized spacial score (nSPS) is 20.5. The van der Waals surface area contributed by atoms with Crippen molar-refractivity contribution < 1.29 is 28.2 Å². The molecule has 0 aliphatic carbocycles. The maximum atomic E-state index is 13.5. The van der Waals surface area contributed by atoms with Crippen LogP contribution in [0.4, 0.5) is 13.2 Å². The van der Waals surface area contributed by atoms with Crippen molar-refractivity contribution in [3.05, 3.63) is 59.9 Å². The second-order valence-electron chi connectivity index (χ2n) is 5.41. The number of alkyl halides is 3. The number of phenolic OH excluding ortho intramolecular Hbond substituents is 1. The van der Waals surface area contributed by atoms with E-state index in [2.05, 4.69) is 10.1 Å². The lowest BCUT2D eigenvalue weighted by molar-refractivity contribution is -0.297. The Bertz CT molecular complexity index is 839. The standard InChI is InChI=1S/C16H12F3N3O3/c17-16(18,19)15(25)8-12(10-4-3-7-20-9-10)21-22(15)14(24)11-5-1-2-6-13(11)23/h1-7,9,23,25H,8H2/t15-/m0/s1. The topological polar surface area (TPSA) is 86.0 Å². The average molecular weight is 351 g/mol. The Hall–Kier alpha value is -2.94. The number of nitrogens with zero attached hydrogens (tertiary/aromatic N) is 3. The summed E-state index contributed by atoms with van der Waals surface area (Å²) in [7, 11) is 0.